The molecule has 0 aliphatic carbocycles. The number of hydrogen-bond donors (Lipinski definition) is 2. The SMILES string of the molecule is C/C=C1\C[C@@H](C)[C@@](C)(O)C(=O)OCC2=CCN3CC(O)[C@@H](OC1=O)C23. The third-order valence-corrected chi connectivity index (χ3v) is 5.60. The molecular weight excluding hydrogens is 326 g/mol. The molecule has 138 valence electrons. The molecule has 0 radical (unpaired) electrons. The maximum absolute atomic E-state index is 12.6. The average Bonchev–Trinajstić information content (AvgIpc) is 3.08. The van der Waals surface area contributed by atoms with Crippen molar-refractivity contribution >= 4 is 11.9 Å². The molecule has 2 fully saturated rings. The van der Waals surface area contributed by atoms with Crippen molar-refractivity contribution in [3.05, 3.63) is 23.3 Å². The molecule has 3 rings (SSSR count). The maximum Gasteiger partial charge on any atom is 0.338 e. The monoisotopic (exact) mass is 351 g/mol. The number of carbonyl (C=O) groups excluding carboxylic acids is 2. The average molecular weight is 351 g/mol. The van der Waals surface area contributed by atoms with Crippen LogP contribution in [0.25, 0.3) is 0 Å². The molecule has 3 aliphatic rings. The molecule has 5 atom stereocenters. The van der Waals surface area contributed by atoms with Crippen molar-refractivity contribution in [3.63, 3.8) is 0 Å². The Morgan fingerprint density at radius 3 is 2.80 bits per heavy atom. The highest BCUT2D eigenvalue weighted by Gasteiger charge is 2.49. The lowest BCUT2D eigenvalue weighted by Gasteiger charge is -2.31. The highest BCUT2D eigenvalue weighted by Crippen LogP contribution is 2.34. The summed E-state index contributed by atoms with van der Waals surface area (Å²) in [6.45, 7) is 5.82. The lowest BCUT2D eigenvalue weighted by atomic mass is 9.85. The number of rotatable bonds is 0. The lowest BCUT2D eigenvalue weighted by Crippen LogP contribution is -2.45. The van der Waals surface area contributed by atoms with Crippen molar-refractivity contribution in [2.24, 2.45) is 5.92 Å². The predicted molar refractivity (Wildman–Crippen MR) is 88.5 cm³/mol. The minimum Gasteiger partial charge on any atom is -0.459 e. The molecule has 3 heterocycles. The van der Waals surface area contributed by atoms with Crippen molar-refractivity contribution in [1.29, 1.82) is 0 Å². The fourth-order valence-corrected chi connectivity index (χ4v) is 3.70. The quantitative estimate of drug-likeness (QED) is 0.365. The van der Waals surface area contributed by atoms with Crippen LogP contribution in [-0.2, 0) is 19.1 Å². The molecule has 0 amide bonds. The predicted octanol–water partition coefficient (Wildman–Crippen LogP) is 0.164. The Bertz CT molecular complexity index is 637. The highest BCUT2D eigenvalue weighted by molar-refractivity contribution is 5.89. The molecular formula is C18H25NO6. The second-order valence-electron chi connectivity index (χ2n) is 7.26. The van der Waals surface area contributed by atoms with E-state index in [1.165, 1.54) is 6.92 Å². The van der Waals surface area contributed by atoms with E-state index < -0.39 is 35.7 Å². The zero-order chi connectivity index (χ0) is 18.4. The zero-order valence-corrected chi connectivity index (χ0v) is 14.8. The van der Waals surface area contributed by atoms with E-state index in [1.807, 2.05) is 11.0 Å². The number of allylic oxidation sites excluding steroid dienone is 1. The van der Waals surface area contributed by atoms with Gasteiger partial charge in [0.25, 0.3) is 0 Å². The van der Waals surface area contributed by atoms with Gasteiger partial charge in [-0.05, 0) is 31.8 Å². The maximum atomic E-state index is 12.6. The summed E-state index contributed by atoms with van der Waals surface area (Å²) in [4.78, 5) is 26.9. The summed E-state index contributed by atoms with van der Waals surface area (Å²) in [5, 5.41) is 20.9. The van der Waals surface area contributed by atoms with E-state index in [0.29, 0.717) is 18.7 Å². The highest BCUT2D eigenvalue weighted by atomic mass is 16.6. The number of hydrogen-bond acceptors (Lipinski definition) is 7. The van der Waals surface area contributed by atoms with Crippen LogP contribution in [0.4, 0.5) is 0 Å². The van der Waals surface area contributed by atoms with E-state index in [2.05, 4.69) is 0 Å². The summed E-state index contributed by atoms with van der Waals surface area (Å²) in [5.41, 5.74) is -0.551. The van der Waals surface area contributed by atoms with Crippen LogP contribution in [-0.4, -0.2) is 70.6 Å². The van der Waals surface area contributed by atoms with Gasteiger partial charge in [0.05, 0.1) is 6.04 Å². The standard InChI is InChI=1S/C18H25NO6/c1-4-11-7-10(2)18(3,23)17(22)24-9-12-5-6-19-8-13(20)15(14(12)19)25-16(11)21/h4-5,10,13-15,20,23H,6-9H2,1-3H3/b11-4+/t10-,13?,14?,15-,18-/m1/s1. The molecule has 7 nitrogen and oxygen atoms in total. The lowest BCUT2D eigenvalue weighted by molar-refractivity contribution is -0.169. The molecule has 0 aromatic heterocycles. The first-order valence-electron chi connectivity index (χ1n) is 8.62. The molecule has 2 saturated heterocycles. The largest absolute Gasteiger partial charge is 0.459 e. The van der Waals surface area contributed by atoms with Crippen LogP contribution in [0.1, 0.15) is 27.2 Å². The molecule has 0 aromatic carbocycles. The molecule has 0 saturated carbocycles. The minimum atomic E-state index is -1.71. The molecule has 3 aliphatic heterocycles. The summed E-state index contributed by atoms with van der Waals surface area (Å²) >= 11 is 0. The molecule has 0 spiro atoms. The molecule has 7 heteroatoms. The van der Waals surface area contributed by atoms with E-state index in [4.69, 9.17) is 9.47 Å². The summed E-state index contributed by atoms with van der Waals surface area (Å²) < 4.78 is 11.0. The number of aliphatic hydroxyl groups is 2. The number of esters is 2. The molecule has 2 unspecified atom stereocenters. The zero-order valence-electron chi connectivity index (χ0n) is 14.8. The van der Waals surface area contributed by atoms with Gasteiger partial charge in [0.1, 0.15) is 18.8 Å². The Hall–Kier alpha value is -1.70. The molecule has 0 bridgehead atoms. The van der Waals surface area contributed by atoms with Crippen LogP contribution in [0.5, 0.6) is 0 Å². The smallest absolute Gasteiger partial charge is 0.338 e. The van der Waals surface area contributed by atoms with Gasteiger partial charge in [0, 0.05) is 18.7 Å². The first kappa shape index (κ1) is 18.1. The summed E-state index contributed by atoms with van der Waals surface area (Å²) in [7, 11) is 0. The van der Waals surface area contributed by atoms with Crippen molar-refractivity contribution in [2.45, 2.75) is 51.0 Å². The van der Waals surface area contributed by atoms with Gasteiger partial charge in [-0.25, -0.2) is 9.59 Å². The summed E-state index contributed by atoms with van der Waals surface area (Å²) in [5.74, 6) is -1.76. The van der Waals surface area contributed by atoms with Crippen molar-refractivity contribution < 1.29 is 29.3 Å². The van der Waals surface area contributed by atoms with Gasteiger partial charge in [-0.3, -0.25) is 4.90 Å². The normalized spacial score (nSPS) is 41.5. The van der Waals surface area contributed by atoms with Gasteiger partial charge < -0.3 is 19.7 Å². The van der Waals surface area contributed by atoms with Crippen molar-refractivity contribution in [2.75, 3.05) is 19.7 Å². The van der Waals surface area contributed by atoms with Gasteiger partial charge in [-0.15, -0.1) is 0 Å². The Morgan fingerprint density at radius 1 is 1.40 bits per heavy atom. The van der Waals surface area contributed by atoms with Gasteiger partial charge in [-0.2, -0.15) is 0 Å². The van der Waals surface area contributed by atoms with Crippen LogP contribution in [0.15, 0.2) is 23.3 Å². The topological polar surface area (TPSA) is 96.3 Å². The van der Waals surface area contributed by atoms with Gasteiger partial charge >= 0.3 is 11.9 Å². The first-order valence-corrected chi connectivity index (χ1v) is 8.62. The Kier molecular flexibility index (Phi) is 4.74. The first-order chi connectivity index (χ1) is 11.8. The number of aliphatic hydroxyl groups excluding tert-OH is 1. The third kappa shape index (κ3) is 3.12. The second-order valence-corrected chi connectivity index (χ2v) is 7.26. The number of cyclic esters (lactones) is 1. The number of nitrogens with zero attached hydrogens (tertiary/aromatic N) is 1. The summed E-state index contributed by atoms with van der Waals surface area (Å²) in [6, 6.07) is -0.299. The van der Waals surface area contributed by atoms with Gasteiger partial charge in [-0.1, -0.05) is 19.1 Å². The number of carbonyl (C=O) groups is 2. The Balaban J connectivity index is 1.94. The molecule has 0 aromatic rings. The molecule has 25 heavy (non-hydrogen) atoms. The van der Waals surface area contributed by atoms with Crippen LogP contribution in [0.3, 0.4) is 0 Å². The minimum absolute atomic E-state index is 0.0140. The van der Waals surface area contributed by atoms with E-state index in [0.717, 1.165) is 5.57 Å². The summed E-state index contributed by atoms with van der Waals surface area (Å²) in [6.07, 6.45) is 2.25. The van der Waals surface area contributed by atoms with Crippen LogP contribution >= 0.6 is 0 Å². The van der Waals surface area contributed by atoms with Crippen LogP contribution in [0, 0.1) is 5.92 Å². The van der Waals surface area contributed by atoms with E-state index in [9.17, 15) is 19.8 Å². The van der Waals surface area contributed by atoms with Gasteiger partial charge in [0.15, 0.2) is 5.60 Å². The van der Waals surface area contributed by atoms with E-state index in [1.54, 1.807) is 19.9 Å². The number of ether oxygens (including phenoxy) is 2. The van der Waals surface area contributed by atoms with Crippen LogP contribution < -0.4 is 0 Å². The van der Waals surface area contributed by atoms with Crippen LogP contribution in [0.2, 0.25) is 0 Å². The van der Waals surface area contributed by atoms with Gasteiger partial charge in [0.2, 0.25) is 0 Å². The second kappa shape index (κ2) is 6.55. The molecule has 2 N–H and O–H groups in total. The Labute approximate surface area is 146 Å². The fraction of sp³-hybridized carbons (Fsp3) is 0.667. The van der Waals surface area contributed by atoms with Crippen molar-refractivity contribution in [1.82, 2.24) is 4.90 Å². The Morgan fingerprint density at radius 2 is 2.12 bits per heavy atom. The van der Waals surface area contributed by atoms with Crippen molar-refractivity contribution in [3.8, 4) is 0 Å². The third-order valence-electron chi connectivity index (χ3n) is 5.60. The van der Waals surface area contributed by atoms with E-state index >= 15 is 0 Å². The fourth-order valence-electron chi connectivity index (χ4n) is 3.70. The van der Waals surface area contributed by atoms with E-state index in [-0.39, 0.29) is 19.1 Å².